The van der Waals surface area contributed by atoms with Gasteiger partial charge in [-0.3, -0.25) is 0 Å². The Morgan fingerprint density at radius 1 is 1.24 bits per heavy atom. The lowest BCUT2D eigenvalue weighted by atomic mass is 10.1. The topological polar surface area (TPSA) is 77.9 Å². The van der Waals surface area contributed by atoms with Crippen molar-refractivity contribution >= 4 is 5.97 Å². The fourth-order valence-electron chi connectivity index (χ4n) is 1.75. The number of aryl methyl sites for hydroxylation is 1. The third-order valence-corrected chi connectivity index (χ3v) is 2.72. The summed E-state index contributed by atoms with van der Waals surface area (Å²) in [5, 5.41) is 9.07. The predicted molar refractivity (Wildman–Crippen MR) is 78.0 cm³/mol. The van der Waals surface area contributed by atoms with Crippen molar-refractivity contribution in [1.29, 1.82) is 0 Å². The highest BCUT2D eigenvalue weighted by Crippen LogP contribution is 2.14. The summed E-state index contributed by atoms with van der Waals surface area (Å²) in [5.74, 6) is -0.644. The van der Waals surface area contributed by atoms with Crippen molar-refractivity contribution in [3.63, 3.8) is 0 Å². The summed E-state index contributed by atoms with van der Waals surface area (Å²) in [5.41, 5.74) is 0.929. The number of carbonyl (C=O) groups is 1. The summed E-state index contributed by atoms with van der Waals surface area (Å²) < 4.78 is 15.7. The van der Waals surface area contributed by atoms with E-state index in [9.17, 15) is 4.79 Å². The van der Waals surface area contributed by atoms with Gasteiger partial charge in [-0.05, 0) is 18.9 Å². The lowest BCUT2D eigenvalue weighted by Gasteiger charge is -2.09. The molecule has 0 saturated carbocycles. The number of rotatable bonds is 11. The molecule has 118 valence electrons. The standard InChI is InChI=1S/C15H23NO5/c1-3-5-13-10-12(15(17)18)11-14(16-13)21-9-8-20-7-4-6-19-2/h10-11H,3-9H2,1-2H3,(H,17,18). The summed E-state index contributed by atoms with van der Waals surface area (Å²) in [6.07, 6.45) is 2.47. The molecule has 21 heavy (non-hydrogen) atoms. The van der Waals surface area contributed by atoms with Crippen molar-refractivity contribution in [2.24, 2.45) is 0 Å². The molecule has 1 aromatic rings. The molecule has 0 fully saturated rings. The van der Waals surface area contributed by atoms with Crippen LogP contribution in [0.4, 0.5) is 0 Å². The molecule has 0 aliphatic carbocycles. The van der Waals surface area contributed by atoms with Crippen LogP contribution in [0.1, 0.15) is 35.8 Å². The van der Waals surface area contributed by atoms with Gasteiger partial charge in [0.15, 0.2) is 0 Å². The maximum Gasteiger partial charge on any atom is 0.335 e. The summed E-state index contributed by atoms with van der Waals surface area (Å²) in [6, 6.07) is 3.02. The highest BCUT2D eigenvalue weighted by atomic mass is 16.5. The van der Waals surface area contributed by atoms with Gasteiger partial charge in [0.2, 0.25) is 5.88 Å². The van der Waals surface area contributed by atoms with E-state index in [1.165, 1.54) is 6.07 Å². The molecule has 0 aliphatic heterocycles. The number of hydrogen-bond acceptors (Lipinski definition) is 5. The zero-order chi connectivity index (χ0) is 15.5. The SMILES string of the molecule is CCCc1cc(C(=O)O)cc(OCCOCCCOC)n1. The third-order valence-electron chi connectivity index (χ3n) is 2.72. The zero-order valence-corrected chi connectivity index (χ0v) is 12.6. The first kappa shape index (κ1) is 17.4. The van der Waals surface area contributed by atoms with Gasteiger partial charge in [0.25, 0.3) is 0 Å². The Balaban J connectivity index is 2.44. The fourth-order valence-corrected chi connectivity index (χ4v) is 1.75. The van der Waals surface area contributed by atoms with Gasteiger partial charge >= 0.3 is 5.97 Å². The van der Waals surface area contributed by atoms with Crippen LogP contribution in [-0.2, 0) is 15.9 Å². The van der Waals surface area contributed by atoms with E-state index in [0.717, 1.165) is 25.0 Å². The molecule has 0 atom stereocenters. The van der Waals surface area contributed by atoms with E-state index in [-0.39, 0.29) is 5.56 Å². The highest BCUT2D eigenvalue weighted by molar-refractivity contribution is 5.88. The molecule has 6 nitrogen and oxygen atoms in total. The van der Waals surface area contributed by atoms with Crippen molar-refractivity contribution < 1.29 is 24.1 Å². The van der Waals surface area contributed by atoms with E-state index >= 15 is 0 Å². The third kappa shape index (κ3) is 7.06. The van der Waals surface area contributed by atoms with E-state index in [4.69, 9.17) is 19.3 Å². The number of aromatic nitrogens is 1. The van der Waals surface area contributed by atoms with Gasteiger partial charge in [-0.2, -0.15) is 0 Å². The van der Waals surface area contributed by atoms with Crippen LogP contribution >= 0.6 is 0 Å². The molecule has 1 rings (SSSR count). The lowest BCUT2D eigenvalue weighted by Crippen LogP contribution is -2.10. The van der Waals surface area contributed by atoms with Gasteiger partial charge in [0.1, 0.15) is 6.61 Å². The minimum Gasteiger partial charge on any atom is -0.478 e. The normalized spacial score (nSPS) is 10.6. The molecule has 0 aliphatic rings. The Labute approximate surface area is 125 Å². The van der Waals surface area contributed by atoms with E-state index in [0.29, 0.717) is 32.3 Å². The minimum absolute atomic E-state index is 0.199. The van der Waals surface area contributed by atoms with Crippen molar-refractivity contribution in [2.75, 3.05) is 33.5 Å². The molecule has 0 spiro atoms. The number of carboxylic acids is 1. The summed E-state index contributed by atoms with van der Waals surface area (Å²) in [4.78, 5) is 15.4. The Bertz CT molecular complexity index is 436. The molecule has 0 unspecified atom stereocenters. The molecule has 1 aromatic heterocycles. The van der Waals surface area contributed by atoms with Crippen LogP contribution in [0.15, 0.2) is 12.1 Å². The molecular weight excluding hydrogens is 274 g/mol. The van der Waals surface area contributed by atoms with Gasteiger partial charge in [-0.25, -0.2) is 9.78 Å². The summed E-state index contributed by atoms with van der Waals surface area (Å²) in [7, 11) is 1.65. The number of methoxy groups -OCH3 is 1. The number of nitrogens with zero attached hydrogens (tertiary/aromatic N) is 1. The second-order valence-electron chi connectivity index (χ2n) is 4.55. The number of carboxylic acid groups (broad SMARTS) is 1. The maximum atomic E-state index is 11.1. The zero-order valence-electron chi connectivity index (χ0n) is 12.6. The smallest absolute Gasteiger partial charge is 0.335 e. The van der Waals surface area contributed by atoms with Crippen molar-refractivity contribution in [1.82, 2.24) is 4.98 Å². The number of aromatic carboxylic acids is 1. The van der Waals surface area contributed by atoms with E-state index in [1.54, 1.807) is 13.2 Å². The maximum absolute atomic E-state index is 11.1. The van der Waals surface area contributed by atoms with Gasteiger partial charge in [-0.1, -0.05) is 13.3 Å². The molecule has 1 N–H and O–H groups in total. The number of hydrogen-bond donors (Lipinski definition) is 1. The predicted octanol–water partition coefficient (Wildman–Crippen LogP) is 2.16. The number of ether oxygens (including phenoxy) is 3. The first-order valence-electron chi connectivity index (χ1n) is 7.11. The van der Waals surface area contributed by atoms with Crippen LogP contribution in [0, 0.1) is 0 Å². The summed E-state index contributed by atoms with van der Waals surface area (Å²) in [6.45, 7) is 4.08. The Morgan fingerprint density at radius 3 is 2.71 bits per heavy atom. The van der Waals surface area contributed by atoms with Gasteiger partial charge in [-0.15, -0.1) is 0 Å². The molecule has 0 amide bonds. The monoisotopic (exact) mass is 297 g/mol. The largest absolute Gasteiger partial charge is 0.478 e. The van der Waals surface area contributed by atoms with Crippen LogP contribution in [0.2, 0.25) is 0 Å². The number of pyridine rings is 1. The molecule has 0 radical (unpaired) electrons. The molecular formula is C15H23NO5. The van der Waals surface area contributed by atoms with Crippen molar-refractivity contribution in [2.45, 2.75) is 26.2 Å². The highest BCUT2D eigenvalue weighted by Gasteiger charge is 2.09. The van der Waals surface area contributed by atoms with E-state index in [2.05, 4.69) is 4.98 Å². The van der Waals surface area contributed by atoms with Crippen LogP contribution in [-0.4, -0.2) is 49.6 Å². The summed E-state index contributed by atoms with van der Waals surface area (Å²) >= 11 is 0. The Kier molecular flexibility index (Phi) is 8.38. The Hall–Kier alpha value is -1.66. The molecule has 6 heteroatoms. The molecule has 1 heterocycles. The second kappa shape index (κ2) is 10.1. The van der Waals surface area contributed by atoms with Gasteiger partial charge < -0.3 is 19.3 Å². The van der Waals surface area contributed by atoms with E-state index in [1.807, 2.05) is 6.92 Å². The fraction of sp³-hybridized carbons (Fsp3) is 0.600. The first-order chi connectivity index (χ1) is 10.2. The minimum atomic E-state index is -0.976. The van der Waals surface area contributed by atoms with Gasteiger partial charge in [0.05, 0.1) is 12.2 Å². The molecule has 0 saturated heterocycles. The van der Waals surface area contributed by atoms with Crippen LogP contribution in [0.3, 0.4) is 0 Å². The lowest BCUT2D eigenvalue weighted by molar-refractivity contribution is 0.0694. The van der Waals surface area contributed by atoms with Crippen LogP contribution in [0.25, 0.3) is 0 Å². The van der Waals surface area contributed by atoms with Gasteiger partial charge in [0, 0.05) is 32.1 Å². The second-order valence-corrected chi connectivity index (χ2v) is 4.55. The van der Waals surface area contributed by atoms with Crippen molar-refractivity contribution in [3.05, 3.63) is 23.4 Å². The van der Waals surface area contributed by atoms with Crippen LogP contribution < -0.4 is 4.74 Å². The Morgan fingerprint density at radius 2 is 2.05 bits per heavy atom. The molecule has 0 aromatic carbocycles. The quantitative estimate of drug-likeness (QED) is 0.631. The average Bonchev–Trinajstić information content (AvgIpc) is 2.46. The average molecular weight is 297 g/mol. The van der Waals surface area contributed by atoms with Crippen LogP contribution in [0.5, 0.6) is 5.88 Å². The first-order valence-corrected chi connectivity index (χ1v) is 7.11. The van der Waals surface area contributed by atoms with E-state index < -0.39 is 5.97 Å². The molecule has 0 bridgehead atoms. The van der Waals surface area contributed by atoms with Crippen molar-refractivity contribution in [3.8, 4) is 5.88 Å².